The summed E-state index contributed by atoms with van der Waals surface area (Å²) >= 11 is 1.68. The molecule has 110 valence electrons. The lowest BCUT2D eigenvalue weighted by Gasteiger charge is -2.22. The van der Waals surface area contributed by atoms with Gasteiger partial charge in [-0.05, 0) is 56.0 Å². The monoisotopic (exact) mass is 293 g/mol. The number of carbonyl (C=O) groups is 1. The maximum absolute atomic E-state index is 10.5. The van der Waals surface area contributed by atoms with Gasteiger partial charge in [0, 0.05) is 22.4 Å². The third-order valence-corrected chi connectivity index (χ3v) is 4.92. The molecule has 0 aliphatic carbocycles. The third kappa shape index (κ3) is 4.76. The fourth-order valence-corrected chi connectivity index (χ4v) is 3.54. The molecule has 2 heterocycles. The van der Waals surface area contributed by atoms with E-state index in [2.05, 4.69) is 24.8 Å². The van der Waals surface area contributed by atoms with Gasteiger partial charge in [0.15, 0.2) is 0 Å². The van der Waals surface area contributed by atoms with Gasteiger partial charge in [0.25, 0.3) is 0 Å². The first-order valence-corrected chi connectivity index (χ1v) is 7.98. The number of carboxylic acid groups (broad SMARTS) is 1. The molecule has 1 fully saturated rings. The van der Waals surface area contributed by atoms with Crippen LogP contribution in [0.25, 0.3) is 6.08 Å². The zero-order valence-electron chi connectivity index (χ0n) is 12.3. The Hall–Kier alpha value is -1.13. The van der Waals surface area contributed by atoms with Gasteiger partial charge in [-0.2, -0.15) is 0 Å². The minimum Gasteiger partial charge on any atom is -0.478 e. The van der Waals surface area contributed by atoms with E-state index in [1.807, 2.05) is 6.07 Å². The molecule has 0 unspecified atom stereocenters. The van der Waals surface area contributed by atoms with E-state index in [0.717, 1.165) is 18.0 Å². The minimum atomic E-state index is -0.894. The van der Waals surface area contributed by atoms with Crippen LogP contribution in [0, 0.1) is 5.41 Å². The number of nitrogens with zero attached hydrogens (tertiary/aromatic N) is 1. The number of hydrogen-bond acceptors (Lipinski definition) is 3. The Morgan fingerprint density at radius 2 is 2.20 bits per heavy atom. The summed E-state index contributed by atoms with van der Waals surface area (Å²) < 4.78 is 0. The normalized spacial score (nSPS) is 20.1. The van der Waals surface area contributed by atoms with Gasteiger partial charge in [-0.15, -0.1) is 11.3 Å². The maximum Gasteiger partial charge on any atom is 0.328 e. The van der Waals surface area contributed by atoms with Gasteiger partial charge >= 0.3 is 5.97 Å². The van der Waals surface area contributed by atoms with Crippen molar-refractivity contribution in [2.75, 3.05) is 13.1 Å². The molecule has 0 bridgehead atoms. The van der Waals surface area contributed by atoms with Gasteiger partial charge in [-0.3, -0.25) is 4.90 Å². The molecule has 0 saturated carbocycles. The summed E-state index contributed by atoms with van der Waals surface area (Å²) in [5, 5.41) is 8.63. The van der Waals surface area contributed by atoms with Crippen LogP contribution in [-0.4, -0.2) is 29.1 Å². The van der Waals surface area contributed by atoms with Crippen molar-refractivity contribution in [3.8, 4) is 0 Å². The van der Waals surface area contributed by atoms with Crippen LogP contribution in [0.15, 0.2) is 18.2 Å². The smallest absolute Gasteiger partial charge is 0.328 e. The fraction of sp³-hybridized carbons (Fsp3) is 0.562. The minimum absolute atomic E-state index is 0.472. The molecule has 1 aromatic heterocycles. The quantitative estimate of drug-likeness (QED) is 0.857. The van der Waals surface area contributed by atoms with Crippen molar-refractivity contribution in [3.63, 3.8) is 0 Å². The molecule has 3 nitrogen and oxygen atoms in total. The van der Waals surface area contributed by atoms with Gasteiger partial charge in [-0.25, -0.2) is 4.79 Å². The lowest BCUT2D eigenvalue weighted by atomic mass is 9.85. The lowest BCUT2D eigenvalue weighted by molar-refractivity contribution is -0.131. The van der Waals surface area contributed by atoms with Crippen LogP contribution in [-0.2, 0) is 11.3 Å². The number of carboxylic acids is 1. The summed E-state index contributed by atoms with van der Waals surface area (Å²) in [4.78, 5) is 15.4. The Balaban J connectivity index is 1.92. The predicted molar refractivity (Wildman–Crippen MR) is 83.9 cm³/mol. The van der Waals surface area contributed by atoms with E-state index in [0.29, 0.717) is 5.41 Å². The van der Waals surface area contributed by atoms with E-state index in [1.54, 1.807) is 17.4 Å². The van der Waals surface area contributed by atoms with Crippen LogP contribution in [0.3, 0.4) is 0 Å². The summed E-state index contributed by atoms with van der Waals surface area (Å²) in [5.41, 5.74) is 0.472. The maximum atomic E-state index is 10.5. The Bertz CT molecular complexity index is 490. The molecule has 0 radical (unpaired) electrons. The third-order valence-electron chi connectivity index (χ3n) is 3.88. The highest BCUT2D eigenvalue weighted by Gasteiger charge is 2.23. The van der Waals surface area contributed by atoms with Crippen LogP contribution in [0.4, 0.5) is 0 Å². The largest absolute Gasteiger partial charge is 0.478 e. The van der Waals surface area contributed by atoms with Gasteiger partial charge in [0.1, 0.15) is 0 Å². The van der Waals surface area contributed by atoms with Crippen LogP contribution < -0.4 is 0 Å². The Morgan fingerprint density at radius 3 is 2.95 bits per heavy atom. The van der Waals surface area contributed by atoms with Crippen LogP contribution >= 0.6 is 11.3 Å². The van der Waals surface area contributed by atoms with Crippen LogP contribution in [0.2, 0.25) is 0 Å². The molecule has 0 atom stereocenters. The standard InChI is InChI=1S/C16H23NO2S/c1-16(2)8-3-10-17(11-9-16)12-14-5-4-13(20-14)6-7-15(18)19/h4-7H,3,8-12H2,1-2H3,(H,18,19). The first kappa shape index (κ1) is 15.3. The number of aliphatic carboxylic acids is 1. The van der Waals surface area contributed by atoms with Crippen molar-refractivity contribution >= 4 is 23.4 Å². The van der Waals surface area contributed by atoms with Gasteiger partial charge in [0.05, 0.1) is 0 Å². The first-order valence-electron chi connectivity index (χ1n) is 7.17. The molecular formula is C16H23NO2S. The van der Waals surface area contributed by atoms with Gasteiger partial charge in [0.2, 0.25) is 0 Å². The number of rotatable bonds is 4. The summed E-state index contributed by atoms with van der Waals surface area (Å²) in [5.74, 6) is -0.894. The van der Waals surface area contributed by atoms with Crippen molar-refractivity contribution in [2.45, 2.75) is 39.7 Å². The van der Waals surface area contributed by atoms with E-state index in [4.69, 9.17) is 5.11 Å². The molecule has 20 heavy (non-hydrogen) atoms. The van der Waals surface area contributed by atoms with Crippen LogP contribution in [0.5, 0.6) is 0 Å². The highest BCUT2D eigenvalue weighted by atomic mass is 32.1. The Labute approximate surface area is 124 Å². The second-order valence-corrected chi connectivity index (χ2v) is 7.47. The summed E-state index contributed by atoms with van der Waals surface area (Å²) in [6.07, 6.45) is 6.70. The Kier molecular flexibility index (Phi) is 5.00. The van der Waals surface area contributed by atoms with Crippen LogP contribution in [0.1, 0.15) is 42.9 Å². The molecule has 0 aromatic carbocycles. The zero-order chi connectivity index (χ0) is 14.6. The molecule has 4 heteroatoms. The predicted octanol–water partition coefficient (Wildman–Crippen LogP) is 3.86. The average molecular weight is 293 g/mol. The molecule has 1 aromatic rings. The second-order valence-electron chi connectivity index (χ2n) is 6.27. The number of thiophene rings is 1. The zero-order valence-corrected chi connectivity index (χ0v) is 13.1. The molecule has 1 aliphatic heterocycles. The second kappa shape index (κ2) is 6.55. The summed E-state index contributed by atoms with van der Waals surface area (Å²) in [6.45, 7) is 8.03. The summed E-state index contributed by atoms with van der Waals surface area (Å²) in [6, 6.07) is 4.11. The SMILES string of the molecule is CC1(C)CCCN(Cc2ccc(C=CC(=O)O)s2)CC1. The molecule has 2 rings (SSSR count). The molecule has 1 aliphatic rings. The highest BCUT2D eigenvalue weighted by Crippen LogP contribution is 2.30. The van der Waals surface area contributed by atoms with Crippen molar-refractivity contribution < 1.29 is 9.90 Å². The van der Waals surface area contributed by atoms with Gasteiger partial charge in [-0.1, -0.05) is 13.8 Å². The molecule has 1 N–H and O–H groups in total. The number of likely N-dealkylation sites (tertiary alicyclic amines) is 1. The fourth-order valence-electron chi connectivity index (χ4n) is 2.58. The topological polar surface area (TPSA) is 40.5 Å². The van der Waals surface area contributed by atoms with Gasteiger partial charge < -0.3 is 5.11 Å². The highest BCUT2D eigenvalue weighted by molar-refractivity contribution is 7.12. The Morgan fingerprint density at radius 1 is 1.40 bits per heavy atom. The molecule has 0 amide bonds. The van der Waals surface area contributed by atoms with Crippen molar-refractivity contribution in [2.24, 2.45) is 5.41 Å². The van der Waals surface area contributed by atoms with E-state index < -0.39 is 5.97 Å². The van der Waals surface area contributed by atoms with E-state index in [1.165, 1.54) is 36.8 Å². The number of hydrogen-bond donors (Lipinski definition) is 1. The van der Waals surface area contributed by atoms with Crippen molar-refractivity contribution in [3.05, 3.63) is 28.0 Å². The molecule has 1 saturated heterocycles. The average Bonchev–Trinajstić information content (AvgIpc) is 2.73. The lowest BCUT2D eigenvalue weighted by Crippen LogP contribution is -2.24. The van der Waals surface area contributed by atoms with E-state index in [9.17, 15) is 4.79 Å². The van der Waals surface area contributed by atoms with Crippen molar-refractivity contribution in [1.82, 2.24) is 4.90 Å². The van der Waals surface area contributed by atoms with Crippen molar-refractivity contribution in [1.29, 1.82) is 0 Å². The first-order chi connectivity index (χ1) is 9.44. The summed E-state index contributed by atoms with van der Waals surface area (Å²) in [7, 11) is 0. The molecular weight excluding hydrogens is 270 g/mol. The molecule has 0 spiro atoms. The van der Waals surface area contributed by atoms with E-state index >= 15 is 0 Å². The van der Waals surface area contributed by atoms with E-state index in [-0.39, 0.29) is 0 Å².